The standard InChI is InChI=1S/C6H9NO6S/c7-2(4(8)9)1-14-3(5(10)11)6(12)13/h2-3H,1,7H2,(H,8,9)(H,10,11)(H,12,13)/t2-/m0/s1. The first-order valence-corrected chi connectivity index (χ1v) is 4.46. The molecule has 7 nitrogen and oxygen atoms in total. The largest absolute Gasteiger partial charge is 0.480 e. The van der Waals surface area contributed by atoms with Crippen LogP contribution < -0.4 is 5.73 Å². The average molecular weight is 223 g/mol. The quantitative estimate of drug-likeness (QED) is 0.406. The van der Waals surface area contributed by atoms with Gasteiger partial charge in [-0.15, -0.1) is 11.8 Å². The monoisotopic (exact) mass is 223 g/mol. The molecule has 80 valence electrons. The van der Waals surface area contributed by atoms with Crippen LogP contribution in [0.1, 0.15) is 0 Å². The van der Waals surface area contributed by atoms with Crippen molar-refractivity contribution >= 4 is 29.7 Å². The summed E-state index contributed by atoms with van der Waals surface area (Å²) in [5.74, 6) is -4.62. The van der Waals surface area contributed by atoms with Crippen LogP contribution in [0.5, 0.6) is 0 Å². The molecule has 8 heteroatoms. The lowest BCUT2D eigenvalue weighted by atomic mass is 10.4. The molecular formula is C6H9NO6S. The second kappa shape index (κ2) is 5.45. The van der Waals surface area contributed by atoms with E-state index in [4.69, 9.17) is 21.1 Å². The third-order valence-corrected chi connectivity index (χ3v) is 2.50. The van der Waals surface area contributed by atoms with Crippen LogP contribution in [0.25, 0.3) is 0 Å². The molecule has 0 unspecified atom stereocenters. The summed E-state index contributed by atoms with van der Waals surface area (Å²) in [6.45, 7) is 0. The molecule has 14 heavy (non-hydrogen) atoms. The predicted molar refractivity (Wildman–Crippen MR) is 47.1 cm³/mol. The first kappa shape index (κ1) is 12.7. The number of hydrogen-bond donors (Lipinski definition) is 4. The summed E-state index contributed by atoms with van der Waals surface area (Å²) in [5.41, 5.74) is 5.06. The molecule has 0 spiro atoms. The van der Waals surface area contributed by atoms with Crippen LogP contribution in [0.4, 0.5) is 0 Å². The summed E-state index contributed by atoms with van der Waals surface area (Å²) in [6, 6.07) is -1.26. The fourth-order valence-electron chi connectivity index (χ4n) is 0.519. The van der Waals surface area contributed by atoms with Crippen molar-refractivity contribution in [2.45, 2.75) is 11.3 Å². The van der Waals surface area contributed by atoms with Gasteiger partial charge in [-0.2, -0.15) is 0 Å². The van der Waals surface area contributed by atoms with E-state index >= 15 is 0 Å². The highest BCUT2D eigenvalue weighted by Gasteiger charge is 2.27. The Morgan fingerprint density at radius 3 is 1.79 bits per heavy atom. The van der Waals surface area contributed by atoms with E-state index in [2.05, 4.69) is 0 Å². The van der Waals surface area contributed by atoms with Crippen molar-refractivity contribution in [3.05, 3.63) is 0 Å². The van der Waals surface area contributed by atoms with E-state index in [1.165, 1.54) is 0 Å². The summed E-state index contributed by atoms with van der Waals surface area (Å²) in [7, 11) is 0. The van der Waals surface area contributed by atoms with E-state index in [0.717, 1.165) is 0 Å². The number of hydrogen-bond acceptors (Lipinski definition) is 5. The van der Waals surface area contributed by atoms with Gasteiger partial charge in [0.05, 0.1) is 0 Å². The van der Waals surface area contributed by atoms with Crippen LogP contribution in [0.2, 0.25) is 0 Å². The Labute approximate surface area is 82.9 Å². The van der Waals surface area contributed by atoms with E-state index in [1.54, 1.807) is 0 Å². The Morgan fingerprint density at radius 2 is 1.50 bits per heavy atom. The molecule has 0 aliphatic carbocycles. The van der Waals surface area contributed by atoms with Crippen molar-refractivity contribution in [1.29, 1.82) is 0 Å². The Balaban J connectivity index is 4.14. The maximum Gasteiger partial charge on any atom is 0.328 e. The van der Waals surface area contributed by atoms with Crippen molar-refractivity contribution < 1.29 is 29.7 Å². The molecule has 0 radical (unpaired) electrons. The van der Waals surface area contributed by atoms with Crippen molar-refractivity contribution in [2.75, 3.05) is 5.75 Å². The minimum absolute atomic E-state index is 0.265. The molecular weight excluding hydrogens is 214 g/mol. The van der Waals surface area contributed by atoms with Gasteiger partial charge in [0.2, 0.25) is 0 Å². The summed E-state index contributed by atoms with van der Waals surface area (Å²) in [5, 5.41) is 23.5. The second-order valence-corrected chi connectivity index (χ2v) is 3.47. The zero-order chi connectivity index (χ0) is 11.3. The van der Waals surface area contributed by atoms with Gasteiger partial charge in [-0.25, -0.2) is 0 Å². The van der Waals surface area contributed by atoms with Gasteiger partial charge < -0.3 is 21.1 Å². The van der Waals surface area contributed by atoms with E-state index in [0.29, 0.717) is 11.8 Å². The highest BCUT2D eigenvalue weighted by atomic mass is 32.2. The molecule has 1 atom stereocenters. The number of rotatable bonds is 6. The topological polar surface area (TPSA) is 138 Å². The third-order valence-electron chi connectivity index (χ3n) is 1.21. The highest BCUT2D eigenvalue weighted by Crippen LogP contribution is 2.12. The fraction of sp³-hybridized carbons (Fsp3) is 0.500. The number of carbonyl (C=O) groups is 3. The Kier molecular flexibility index (Phi) is 4.95. The Morgan fingerprint density at radius 1 is 1.07 bits per heavy atom. The maximum atomic E-state index is 10.3. The normalized spacial score (nSPS) is 12.4. The Bertz CT molecular complexity index is 241. The lowest BCUT2D eigenvalue weighted by Gasteiger charge is -2.09. The molecule has 0 saturated carbocycles. The van der Waals surface area contributed by atoms with Gasteiger partial charge in [0, 0.05) is 5.75 Å². The van der Waals surface area contributed by atoms with Crippen molar-refractivity contribution in [3.63, 3.8) is 0 Å². The zero-order valence-electron chi connectivity index (χ0n) is 6.91. The molecule has 0 amide bonds. The molecule has 0 aromatic rings. The maximum absolute atomic E-state index is 10.3. The molecule has 0 aromatic carbocycles. The molecule has 0 fully saturated rings. The van der Waals surface area contributed by atoms with Gasteiger partial charge in [-0.1, -0.05) is 0 Å². The van der Waals surface area contributed by atoms with Crippen molar-refractivity contribution in [2.24, 2.45) is 5.73 Å². The predicted octanol–water partition coefficient (Wildman–Crippen LogP) is -1.33. The summed E-state index contributed by atoms with van der Waals surface area (Å²) < 4.78 is 0. The highest BCUT2D eigenvalue weighted by molar-refractivity contribution is 8.01. The number of carboxylic acids is 3. The number of aliphatic carboxylic acids is 3. The lowest BCUT2D eigenvalue weighted by molar-refractivity contribution is -0.146. The second-order valence-electron chi connectivity index (χ2n) is 2.33. The molecule has 0 heterocycles. The first-order chi connectivity index (χ1) is 6.36. The van der Waals surface area contributed by atoms with Gasteiger partial charge >= 0.3 is 17.9 Å². The van der Waals surface area contributed by atoms with Crippen LogP contribution in [0.15, 0.2) is 0 Å². The molecule has 0 aliphatic rings. The Hall–Kier alpha value is -1.28. The van der Waals surface area contributed by atoms with E-state index in [9.17, 15) is 14.4 Å². The third kappa shape index (κ3) is 4.10. The van der Waals surface area contributed by atoms with Crippen LogP contribution in [-0.4, -0.2) is 50.3 Å². The number of carboxylic acid groups (broad SMARTS) is 3. The van der Waals surface area contributed by atoms with Crippen LogP contribution in [-0.2, 0) is 14.4 Å². The van der Waals surface area contributed by atoms with Gasteiger partial charge in [0.15, 0.2) is 5.25 Å². The fourth-order valence-corrected chi connectivity index (χ4v) is 1.35. The molecule has 0 bridgehead atoms. The van der Waals surface area contributed by atoms with E-state index < -0.39 is 29.2 Å². The van der Waals surface area contributed by atoms with E-state index in [1.807, 2.05) is 0 Å². The molecule has 0 rings (SSSR count). The molecule has 0 aromatic heterocycles. The minimum atomic E-state index is -1.68. The van der Waals surface area contributed by atoms with Crippen molar-refractivity contribution in [1.82, 2.24) is 0 Å². The number of thioether (sulfide) groups is 1. The molecule has 5 N–H and O–H groups in total. The van der Waals surface area contributed by atoms with Gasteiger partial charge in [-0.3, -0.25) is 14.4 Å². The first-order valence-electron chi connectivity index (χ1n) is 3.42. The summed E-state index contributed by atoms with van der Waals surface area (Å²) in [4.78, 5) is 30.9. The SMILES string of the molecule is N[C@@H](CSC(C(=O)O)C(=O)O)C(=O)O. The van der Waals surface area contributed by atoms with Gasteiger partial charge in [0.1, 0.15) is 6.04 Å². The smallest absolute Gasteiger partial charge is 0.328 e. The van der Waals surface area contributed by atoms with E-state index in [-0.39, 0.29) is 5.75 Å². The lowest BCUT2D eigenvalue weighted by Crippen LogP contribution is -2.35. The average Bonchev–Trinajstić information content (AvgIpc) is 2.02. The van der Waals surface area contributed by atoms with Gasteiger partial charge in [0.25, 0.3) is 0 Å². The van der Waals surface area contributed by atoms with Crippen LogP contribution in [0, 0.1) is 0 Å². The minimum Gasteiger partial charge on any atom is -0.480 e. The number of nitrogens with two attached hydrogens (primary N) is 1. The summed E-state index contributed by atoms with van der Waals surface area (Å²) >= 11 is 0.469. The van der Waals surface area contributed by atoms with Gasteiger partial charge in [-0.05, 0) is 0 Å². The van der Waals surface area contributed by atoms with Crippen molar-refractivity contribution in [3.8, 4) is 0 Å². The molecule has 0 saturated heterocycles. The molecule has 0 aliphatic heterocycles. The van der Waals surface area contributed by atoms with Crippen LogP contribution >= 0.6 is 11.8 Å². The van der Waals surface area contributed by atoms with Crippen LogP contribution in [0.3, 0.4) is 0 Å². The summed E-state index contributed by atoms with van der Waals surface area (Å²) in [6.07, 6.45) is 0. The zero-order valence-corrected chi connectivity index (χ0v) is 7.73.